The molecule has 0 atom stereocenters. The average Bonchev–Trinajstić information content (AvgIpc) is 2.23. The molecule has 0 saturated carbocycles. The first-order valence-electron chi connectivity index (χ1n) is 4.36. The van der Waals surface area contributed by atoms with Crippen LogP contribution in [0.4, 0.5) is 0 Å². The van der Waals surface area contributed by atoms with Gasteiger partial charge in [-0.3, -0.25) is 0 Å². The van der Waals surface area contributed by atoms with Gasteiger partial charge in [0.25, 0.3) is 0 Å². The lowest BCUT2D eigenvalue weighted by molar-refractivity contribution is -0.301. The Labute approximate surface area is 102 Å². The third kappa shape index (κ3) is 2.65. The van der Waals surface area contributed by atoms with Gasteiger partial charge in [0.15, 0.2) is 0 Å². The molecule has 16 heavy (non-hydrogen) atoms. The van der Waals surface area contributed by atoms with Gasteiger partial charge in [-0.15, -0.1) is 0 Å². The van der Waals surface area contributed by atoms with E-state index in [4.69, 9.17) is 16.9 Å². The minimum absolute atomic E-state index is 0.234. The van der Waals surface area contributed by atoms with Gasteiger partial charge in [0.1, 0.15) is 11.1 Å². The van der Waals surface area contributed by atoms with Crippen LogP contribution in [0, 0.1) is 25.2 Å². The highest BCUT2D eigenvalue weighted by atomic mass is 35.5. The summed E-state index contributed by atoms with van der Waals surface area (Å²) in [7, 11) is 0. The number of hydrogen-bond donors (Lipinski definition) is 0. The Bertz CT molecular complexity index is 483. The highest BCUT2D eigenvalue weighted by Crippen LogP contribution is 2.29. The van der Waals surface area contributed by atoms with Crippen molar-refractivity contribution in [2.24, 2.45) is 0 Å². The fourth-order valence-corrected chi connectivity index (χ4v) is 2.10. The summed E-state index contributed by atoms with van der Waals surface area (Å²) in [6.45, 7) is 3.41. The summed E-state index contributed by atoms with van der Waals surface area (Å²) >= 11 is 6.91. The monoisotopic (exact) mass is 255 g/mol. The molecule has 0 aliphatic carbocycles. The molecule has 0 unspecified atom stereocenters. The first kappa shape index (κ1) is 12.8. The van der Waals surface area contributed by atoms with Crippen LogP contribution in [-0.2, 0) is 4.79 Å². The fraction of sp³-hybridized carbons (Fsp3) is 0.300. The Morgan fingerprint density at radius 1 is 1.62 bits per heavy atom. The van der Waals surface area contributed by atoms with Crippen molar-refractivity contribution in [3.63, 3.8) is 0 Å². The lowest BCUT2D eigenvalue weighted by Gasteiger charge is -2.09. The van der Waals surface area contributed by atoms with Crippen molar-refractivity contribution in [2.45, 2.75) is 18.9 Å². The number of aromatic nitrogens is 1. The fourth-order valence-electron chi connectivity index (χ4n) is 1.16. The second-order valence-corrected chi connectivity index (χ2v) is 4.43. The minimum atomic E-state index is -1.19. The van der Waals surface area contributed by atoms with Gasteiger partial charge in [0.2, 0.25) is 0 Å². The Kier molecular flexibility index (Phi) is 4.16. The number of pyridine rings is 1. The highest BCUT2D eigenvalue weighted by Gasteiger charge is 2.13. The van der Waals surface area contributed by atoms with Crippen molar-refractivity contribution < 1.29 is 9.90 Å². The summed E-state index contributed by atoms with van der Waals surface area (Å²) in [5.74, 6) is -1.43. The summed E-state index contributed by atoms with van der Waals surface area (Å²) in [5.41, 5.74) is 1.53. The molecule has 84 valence electrons. The minimum Gasteiger partial charge on any atom is -0.549 e. The molecule has 0 amide bonds. The van der Waals surface area contributed by atoms with E-state index in [0.717, 1.165) is 11.8 Å². The quantitative estimate of drug-likeness (QED) is 0.755. The molecular weight excluding hydrogens is 248 g/mol. The van der Waals surface area contributed by atoms with Gasteiger partial charge in [-0.05, 0) is 19.4 Å². The summed E-state index contributed by atoms with van der Waals surface area (Å²) in [5, 5.41) is 20.1. The summed E-state index contributed by atoms with van der Waals surface area (Å²) in [6, 6.07) is 1.97. The van der Waals surface area contributed by atoms with Gasteiger partial charge >= 0.3 is 0 Å². The summed E-state index contributed by atoms with van der Waals surface area (Å²) in [6.07, 6.45) is 0. The van der Waals surface area contributed by atoms with E-state index < -0.39 is 5.97 Å². The number of thioether (sulfide) groups is 1. The molecule has 0 aliphatic heterocycles. The van der Waals surface area contributed by atoms with E-state index in [2.05, 4.69) is 4.98 Å². The standard InChI is InChI=1S/C10H9ClN2O2S/c1-5-7(3-12)10(16-4-8(14)15)13-6(2)9(5)11/h4H2,1-2H3,(H,14,15)/p-1. The predicted molar refractivity (Wildman–Crippen MR) is 59.2 cm³/mol. The van der Waals surface area contributed by atoms with Crippen LogP contribution in [0.1, 0.15) is 16.8 Å². The molecule has 6 heteroatoms. The van der Waals surface area contributed by atoms with Crippen LogP contribution in [0.3, 0.4) is 0 Å². The van der Waals surface area contributed by atoms with Crippen molar-refractivity contribution in [1.29, 1.82) is 5.26 Å². The average molecular weight is 256 g/mol. The van der Waals surface area contributed by atoms with Crippen molar-refractivity contribution >= 4 is 29.3 Å². The summed E-state index contributed by atoms with van der Waals surface area (Å²) in [4.78, 5) is 14.4. The molecule has 0 aliphatic rings. The van der Waals surface area contributed by atoms with E-state index in [9.17, 15) is 9.90 Å². The number of nitriles is 1. The molecule has 1 rings (SSSR count). The van der Waals surface area contributed by atoms with Gasteiger partial charge in [0.05, 0.1) is 22.2 Å². The number of nitrogens with zero attached hydrogens (tertiary/aromatic N) is 2. The molecule has 0 radical (unpaired) electrons. The normalized spacial score (nSPS) is 9.88. The predicted octanol–water partition coefficient (Wildman–Crippen LogP) is 1.07. The van der Waals surface area contributed by atoms with Crippen LogP contribution >= 0.6 is 23.4 Å². The van der Waals surface area contributed by atoms with Crippen LogP contribution in [-0.4, -0.2) is 16.7 Å². The molecule has 4 nitrogen and oxygen atoms in total. The number of aliphatic carboxylic acids is 1. The molecule has 0 aromatic carbocycles. The van der Waals surface area contributed by atoms with E-state index >= 15 is 0 Å². The highest BCUT2D eigenvalue weighted by molar-refractivity contribution is 7.99. The number of carbonyl (C=O) groups is 1. The molecule has 0 bridgehead atoms. The Balaban J connectivity index is 3.19. The van der Waals surface area contributed by atoms with Gasteiger partial charge < -0.3 is 9.90 Å². The first-order valence-corrected chi connectivity index (χ1v) is 5.73. The molecule has 0 spiro atoms. The number of carboxylic acids is 1. The third-order valence-electron chi connectivity index (χ3n) is 1.94. The van der Waals surface area contributed by atoms with Crippen LogP contribution in [0.2, 0.25) is 5.02 Å². The van der Waals surface area contributed by atoms with E-state index in [0.29, 0.717) is 26.9 Å². The zero-order valence-corrected chi connectivity index (χ0v) is 10.3. The van der Waals surface area contributed by atoms with Crippen molar-refractivity contribution in [3.8, 4) is 6.07 Å². The molecule has 1 aromatic heterocycles. The van der Waals surface area contributed by atoms with Gasteiger partial charge in [-0.25, -0.2) is 4.98 Å². The Morgan fingerprint density at radius 2 is 2.25 bits per heavy atom. The smallest absolute Gasteiger partial charge is 0.115 e. The maximum Gasteiger partial charge on any atom is 0.115 e. The summed E-state index contributed by atoms with van der Waals surface area (Å²) < 4.78 is 0. The van der Waals surface area contributed by atoms with Crippen LogP contribution in [0.5, 0.6) is 0 Å². The maximum absolute atomic E-state index is 10.3. The van der Waals surface area contributed by atoms with E-state index in [1.807, 2.05) is 6.07 Å². The third-order valence-corrected chi connectivity index (χ3v) is 3.45. The molecule has 1 heterocycles. The Morgan fingerprint density at radius 3 is 2.75 bits per heavy atom. The maximum atomic E-state index is 10.3. The molecular formula is C10H8ClN2O2S-. The van der Waals surface area contributed by atoms with Crippen molar-refractivity contribution in [3.05, 3.63) is 21.8 Å². The largest absolute Gasteiger partial charge is 0.549 e. The molecule has 0 saturated heterocycles. The molecule has 1 aromatic rings. The van der Waals surface area contributed by atoms with Gasteiger partial charge in [-0.1, -0.05) is 23.4 Å². The Hall–Kier alpha value is -1.25. The number of hydrogen-bond acceptors (Lipinski definition) is 5. The van der Waals surface area contributed by atoms with E-state index in [1.165, 1.54) is 0 Å². The molecule has 0 N–H and O–H groups in total. The van der Waals surface area contributed by atoms with E-state index in [-0.39, 0.29) is 5.75 Å². The number of halogens is 1. The zero-order chi connectivity index (χ0) is 12.3. The topological polar surface area (TPSA) is 76.8 Å². The second-order valence-electron chi connectivity index (χ2n) is 3.09. The van der Waals surface area contributed by atoms with Crippen molar-refractivity contribution in [2.75, 3.05) is 5.75 Å². The number of rotatable bonds is 3. The van der Waals surface area contributed by atoms with Crippen molar-refractivity contribution in [1.82, 2.24) is 4.98 Å². The number of carboxylic acid groups (broad SMARTS) is 1. The van der Waals surface area contributed by atoms with Gasteiger partial charge in [0, 0.05) is 5.75 Å². The SMILES string of the molecule is Cc1nc(SCC(=O)[O-])c(C#N)c(C)c1Cl. The lowest BCUT2D eigenvalue weighted by atomic mass is 10.1. The zero-order valence-electron chi connectivity index (χ0n) is 8.70. The number of carbonyl (C=O) groups excluding carboxylic acids is 1. The number of aryl methyl sites for hydroxylation is 1. The lowest BCUT2D eigenvalue weighted by Crippen LogP contribution is -2.24. The van der Waals surface area contributed by atoms with Gasteiger partial charge in [-0.2, -0.15) is 5.26 Å². The first-order chi connectivity index (χ1) is 7.47. The second kappa shape index (κ2) is 5.19. The van der Waals surface area contributed by atoms with Crippen LogP contribution in [0.25, 0.3) is 0 Å². The van der Waals surface area contributed by atoms with Crippen LogP contribution in [0.15, 0.2) is 5.03 Å². The molecule has 0 fully saturated rings. The van der Waals surface area contributed by atoms with Crippen LogP contribution < -0.4 is 5.11 Å². The van der Waals surface area contributed by atoms with E-state index in [1.54, 1.807) is 13.8 Å².